The highest BCUT2D eigenvalue weighted by atomic mass is 35.5. The van der Waals surface area contributed by atoms with Gasteiger partial charge in [0, 0.05) is 30.2 Å². The quantitative estimate of drug-likeness (QED) is 0.858. The lowest BCUT2D eigenvalue weighted by molar-refractivity contribution is -0.132. The topological polar surface area (TPSA) is 49.4 Å². The Bertz CT molecular complexity index is 852. The normalized spacial score (nSPS) is 19.6. The molecule has 0 saturated carbocycles. The van der Waals surface area contributed by atoms with E-state index >= 15 is 0 Å². The second-order valence-corrected chi connectivity index (χ2v) is 7.95. The molecule has 4 nitrogen and oxygen atoms in total. The minimum Gasteiger partial charge on any atom is -0.351 e. The maximum Gasteiger partial charge on any atom is 0.253 e. The predicted molar refractivity (Wildman–Crippen MR) is 108 cm³/mol. The number of nitrogens with one attached hydrogen (secondary N) is 1. The van der Waals surface area contributed by atoms with Gasteiger partial charge in [-0.3, -0.25) is 9.59 Å². The maximum atomic E-state index is 12.9. The molecule has 142 valence electrons. The third kappa shape index (κ3) is 4.51. The monoisotopic (exact) mass is 384 g/mol. The van der Waals surface area contributed by atoms with Crippen molar-refractivity contribution in [1.82, 2.24) is 10.2 Å². The number of hydrogen-bond donors (Lipinski definition) is 1. The second kappa shape index (κ2) is 8.13. The average molecular weight is 385 g/mol. The Morgan fingerprint density at radius 2 is 1.96 bits per heavy atom. The van der Waals surface area contributed by atoms with Crippen LogP contribution in [0.1, 0.15) is 41.3 Å². The van der Waals surface area contributed by atoms with Crippen LogP contribution in [0.15, 0.2) is 48.5 Å². The number of amides is 2. The Morgan fingerprint density at radius 3 is 2.70 bits per heavy atom. The SMILES string of the molecule is Cc1ccccc1CNC(=O)C1(C)CCCN(C(=O)c2cccc(Cl)c2)C1. The Kier molecular flexibility index (Phi) is 5.85. The van der Waals surface area contributed by atoms with Crippen molar-refractivity contribution in [3.8, 4) is 0 Å². The molecule has 1 atom stereocenters. The third-order valence-corrected chi connectivity index (χ3v) is 5.54. The maximum absolute atomic E-state index is 12.9. The molecule has 3 rings (SSSR count). The number of aryl methyl sites for hydroxylation is 1. The van der Waals surface area contributed by atoms with Crippen molar-refractivity contribution in [3.05, 3.63) is 70.2 Å². The number of likely N-dealkylation sites (tertiary alicyclic amines) is 1. The number of carbonyl (C=O) groups excluding carboxylic acids is 2. The third-order valence-electron chi connectivity index (χ3n) is 5.30. The van der Waals surface area contributed by atoms with Gasteiger partial charge in [0.25, 0.3) is 5.91 Å². The van der Waals surface area contributed by atoms with E-state index in [1.54, 1.807) is 29.2 Å². The minimum atomic E-state index is -0.588. The molecule has 1 saturated heterocycles. The molecule has 1 heterocycles. The summed E-state index contributed by atoms with van der Waals surface area (Å²) in [6, 6.07) is 15.0. The van der Waals surface area contributed by atoms with Gasteiger partial charge in [-0.15, -0.1) is 0 Å². The Hall–Kier alpha value is -2.33. The van der Waals surface area contributed by atoms with Crippen LogP contribution in [0, 0.1) is 12.3 Å². The first-order valence-corrected chi connectivity index (χ1v) is 9.64. The van der Waals surface area contributed by atoms with Crippen LogP contribution in [0.5, 0.6) is 0 Å². The average Bonchev–Trinajstić information content (AvgIpc) is 2.66. The van der Waals surface area contributed by atoms with Crippen LogP contribution in [-0.4, -0.2) is 29.8 Å². The first-order chi connectivity index (χ1) is 12.9. The smallest absolute Gasteiger partial charge is 0.253 e. The van der Waals surface area contributed by atoms with Gasteiger partial charge in [-0.1, -0.05) is 41.9 Å². The van der Waals surface area contributed by atoms with E-state index in [1.165, 1.54) is 0 Å². The molecule has 1 N–H and O–H groups in total. The zero-order chi connectivity index (χ0) is 19.4. The molecule has 1 unspecified atom stereocenters. The standard InChI is InChI=1S/C22H25ClN2O2/c1-16-7-3-4-8-18(16)14-24-21(27)22(2)11-6-12-25(15-22)20(26)17-9-5-10-19(23)13-17/h3-5,7-10,13H,6,11-12,14-15H2,1-2H3,(H,24,27). The summed E-state index contributed by atoms with van der Waals surface area (Å²) in [4.78, 5) is 27.5. The number of nitrogens with zero attached hydrogens (tertiary/aromatic N) is 1. The van der Waals surface area contributed by atoms with E-state index in [-0.39, 0.29) is 11.8 Å². The highest BCUT2D eigenvalue weighted by molar-refractivity contribution is 6.30. The van der Waals surface area contributed by atoms with Crippen molar-refractivity contribution >= 4 is 23.4 Å². The van der Waals surface area contributed by atoms with Crippen molar-refractivity contribution in [2.45, 2.75) is 33.2 Å². The molecule has 1 aliphatic rings. The molecule has 2 aromatic carbocycles. The number of hydrogen-bond acceptors (Lipinski definition) is 2. The molecule has 2 aromatic rings. The number of piperidine rings is 1. The molecule has 0 spiro atoms. The number of rotatable bonds is 4. The highest BCUT2D eigenvalue weighted by Gasteiger charge is 2.39. The van der Waals surface area contributed by atoms with Crippen molar-refractivity contribution in [2.24, 2.45) is 5.41 Å². The fourth-order valence-corrected chi connectivity index (χ4v) is 3.79. The van der Waals surface area contributed by atoms with Crippen LogP contribution in [0.2, 0.25) is 5.02 Å². The van der Waals surface area contributed by atoms with E-state index in [0.29, 0.717) is 30.2 Å². The van der Waals surface area contributed by atoms with Crippen LogP contribution in [0.4, 0.5) is 0 Å². The molecule has 2 amide bonds. The van der Waals surface area contributed by atoms with Crippen molar-refractivity contribution in [3.63, 3.8) is 0 Å². The largest absolute Gasteiger partial charge is 0.351 e. The van der Waals surface area contributed by atoms with E-state index in [4.69, 9.17) is 11.6 Å². The van der Waals surface area contributed by atoms with Crippen LogP contribution in [0.25, 0.3) is 0 Å². The lowest BCUT2D eigenvalue weighted by atomic mass is 9.80. The number of benzene rings is 2. The molecule has 1 fully saturated rings. The van der Waals surface area contributed by atoms with E-state index < -0.39 is 5.41 Å². The summed E-state index contributed by atoms with van der Waals surface area (Å²) in [5.74, 6) is -0.0792. The van der Waals surface area contributed by atoms with Gasteiger partial charge in [-0.25, -0.2) is 0 Å². The molecule has 5 heteroatoms. The molecular weight excluding hydrogens is 360 g/mol. The fraction of sp³-hybridized carbons (Fsp3) is 0.364. The second-order valence-electron chi connectivity index (χ2n) is 7.51. The summed E-state index contributed by atoms with van der Waals surface area (Å²) in [7, 11) is 0. The first-order valence-electron chi connectivity index (χ1n) is 9.27. The summed E-state index contributed by atoms with van der Waals surface area (Å²) in [5.41, 5.74) is 2.24. The molecule has 27 heavy (non-hydrogen) atoms. The Balaban J connectivity index is 1.67. The summed E-state index contributed by atoms with van der Waals surface area (Å²) in [6.07, 6.45) is 1.58. The highest BCUT2D eigenvalue weighted by Crippen LogP contribution is 2.31. The summed E-state index contributed by atoms with van der Waals surface area (Å²) in [6.45, 7) is 5.56. The van der Waals surface area contributed by atoms with E-state index in [0.717, 1.165) is 24.0 Å². The zero-order valence-corrected chi connectivity index (χ0v) is 16.6. The van der Waals surface area contributed by atoms with Gasteiger partial charge in [-0.2, -0.15) is 0 Å². The Labute approximate surface area is 165 Å². The fourth-order valence-electron chi connectivity index (χ4n) is 3.60. The summed E-state index contributed by atoms with van der Waals surface area (Å²) in [5, 5.41) is 3.60. The van der Waals surface area contributed by atoms with Crippen LogP contribution < -0.4 is 5.32 Å². The first kappa shape index (κ1) is 19.4. The molecule has 0 aromatic heterocycles. The zero-order valence-electron chi connectivity index (χ0n) is 15.8. The van der Waals surface area contributed by atoms with Gasteiger partial charge in [-0.05, 0) is 56.0 Å². The van der Waals surface area contributed by atoms with E-state index in [2.05, 4.69) is 5.32 Å². The van der Waals surface area contributed by atoms with Crippen LogP contribution in [0.3, 0.4) is 0 Å². The van der Waals surface area contributed by atoms with Crippen molar-refractivity contribution < 1.29 is 9.59 Å². The van der Waals surface area contributed by atoms with Crippen LogP contribution in [-0.2, 0) is 11.3 Å². The van der Waals surface area contributed by atoms with Crippen molar-refractivity contribution in [2.75, 3.05) is 13.1 Å². The lowest BCUT2D eigenvalue weighted by Gasteiger charge is -2.39. The molecular formula is C22H25ClN2O2. The molecule has 0 radical (unpaired) electrons. The Morgan fingerprint density at radius 1 is 1.19 bits per heavy atom. The van der Waals surface area contributed by atoms with Gasteiger partial charge < -0.3 is 10.2 Å². The minimum absolute atomic E-state index is 0.00523. The van der Waals surface area contributed by atoms with Gasteiger partial charge in [0.1, 0.15) is 0 Å². The van der Waals surface area contributed by atoms with E-state index in [9.17, 15) is 9.59 Å². The number of carbonyl (C=O) groups is 2. The van der Waals surface area contributed by atoms with E-state index in [1.807, 2.05) is 38.1 Å². The van der Waals surface area contributed by atoms with Gasteiger partial charge in [0.15, 0.2) is 0 Å². The van der Waals surface area contributed by atoms with Gasteiger partial charge in [0.05, 0.1) is 5.41 Å². The van der Waals surface area contributed by atoms with Gasteiger partial charge >= 0.3 is 0 Å². The number of halogens is 1. The van der Waals surface area contributed by atoms with Crippen LogP contribution >= 0.6 is 11.6 Å². The molecule has 0 aliphatic carbocycles. The van der Waals surface area contributed by atoms with Crippen molar-refractivity contribution in [1.29, 1.82) is 0 Å². The lowest BCUT2D eigenvalue weighted by Crippen LogP contribution is -2.51. The molecule has 0 bridgehead atoms. The summed E-state index contributed by atoms with van der Waals surface area (Å²) < 4.78 is 0. The predicted octanol–water partition coefficient (Wildman–Crippen LogP) is 4.21. The van der Waals surface area contributed by atoms with Gasteiger partial charge in [0.2, 0.25) is 5.91 Å². The summed E-state index contributed by atoms with van der Waals surface area (Å²) >= 11 is 6.01. The molecule has 1 aliphatic heterocycles.